The number of aliphatic hydroxyl groups excluding tert-OH is 1. The molecule has 9 nitrogen and oxygen atoms in total. The lowest BCUT2D eigenvalue weighted by Crippen LogP contribution is -2.53. The molecule has 3 saturated heterocycles. The Morgan fingerprint density at radius 2 is 1.77 bits per heavy atom. The van der Waals surface area contributed by atoms with Crippen LogP contribution in [0.3, 0.4) is 0 Å². The zero-order valence-electron chi connectivity index (χ0n) is 23.9. The van der Waals surface area contributed by atoms with Gasteiger partial charge in [-0.05, 0) is 77.1 Å². The van der Waals surface area contributed by atoms with Crippen molar-refractivity contribution in [3.63, 3.8) is 0 Å². The minimum absolute atomic E-state index is 0.139. The maximum absolute atomic E-state index is 14.0. The Morgan fingerprint density at radius 3 is 2.38 bits per heavy atom. The van der Waals surface area contributed by atoms with Gasteiger partial charge in [-0.2, -0.15) is 0 Å². The number of rotatable bonds is 14. The molecule has 5 atom stereocenters. The van der Waals surface area contributed by atoms with Gasteiger partial charge in [0.2, 0.25) is 11.8 Å². The number of hydrogen-bond acceptors (Lipinski definition) is 7. The van der Waals surface area contributed by atoms with Crippen LogP contribution in [-0.4, -0.2) is 77.9 Å². The number of ether oxygens (including phenoxy) is 2. The van der Waals surface area contributed by atoms with Gasteiger partial charge < -0.3 is 29.7 Å². The van der Waals surface area contributed by atoms with Crippen molar-refractivity contribution in [2.75, 3.05) is 43.1 Å². The number of esters is 1. The molecule has 3 fully saturated rings. The largest absolute Gasteiger partial charge is 0.466 e. The molecule has 1 aromatic carbocycles. The summed E-state index contributed by atoms with van der Waals surface area (Å²) >= 11 is 0. The van der Waals surface area contributed by atoms with E-state index in [4.69, 9.17) is 14.6 Å². The molecule has 4 rings (SSSR count). The van der Waals surface area contributed by atoms with Gasteiger partial charge in [0, 0.05) is 37.6 Å². The van der Waals surface area contributed by atoms with Crippen molar-refractivity contribution in [3.8, 4) is 0 Å². The van der Waals surface area contributed by atoms with Crippen molar-refractivity contribution in [2.24, 2.45) is 11.8 Å². The number of unbranched alkanes of at least 4 members (excludes halogenated alkanes) is 3. The van der Waals surface area contributed by atoms with Gasteiger partial charge in [0.1, 0.15) is 17.6 Å². The molecule has 216 valence electrons. The van der Waals surface area contributed by atoms with Crippen LogP contribution < -0.4 is 10.2 Å². The Kier molecular flexibility index (Phi) is 9.21. The van der Waals surface area contributed by atoms with Crippen molar-refractivity contribution in [3.05, 3.63) is 24.3 Å². The van der Waals surface area contributed by atoms with E-state index in [2.05, 4.69) is 24.1 Å². The normalized spacial score (nSPS) is 29.0. The smallest absolute Gasteiger partial charge is 0.312 e. The number of amides is 2. The summed E-state index contributed by atoms with van der Waals surface area (Å²) in [6.45, 7) is 10.5. The van der Waals surface area contributed by atoms with Gasteiger partial charge in [-0.1, -0.05) is 19.8 Å². The number of carbonyl (C=O) groups excluding carboxylic acids is 3. The third kappa shape index (κ3) is 5.15. The summed E-state index contributed by atoms with van der Waals surface area (Å²) in [4.78, 5) is 45.2. The minimum Gasteiger partial charge on any atom is -0.466 e. The zero-order chi connectivity index (χ0) is 28.2. The number of hydrogen-bond donors (Lipinski definition) is 2. The maximum Gasteiger partial charge on any atom is 0.312 e. The van der Waals surface area contributed by atoms with Crippen LogP contribution in [-0.2, 0) is 23.9 Å². The standard InChI is InChI=1S/C30H45N3O6/c1-5-29-17-18-30(39-29)23(24(29)28(37)38-8-4)27(36)33(19-11-9-10-12-20-34)25(30)26(35)31-21-13-15-22(16-14-21)32(6-2)7-3/h13-16,23-25,34H,5-12,17-20H2,1-4H3,(H,31,35)/t23-,24+,25?,29-,30?/m0/s1. The van der Waals surface area contributed by atoms with Crippen molar-refractivity contribution < 1.29 is 29.0 Å². The second-order valence-electron chi connectivity index (χ2n) is 11.0. The number of fused-ring (bicyclic) bond motifs is 1. The van der Waals surface area contributed by atoms with E-state index in [0.29, 0.717) is 44.3 Å². The number of carbonyl (C=O) groups is 3. The summed E-state index contributed by atoms with van der Waals surface area (Å²) in [5.74, 6) is -2.33. The SMILES string of the molecule is CCOC(=O)[C@H]1[C@H]2C(=O)N(CCCCCCO)C(C(=O)Nc3ccc(N(CC)CC)cc3)C23CC[C@]1(CC)O3. The fraction of sp³-hybridized carbons (Fsp3) is 0.700. The highest BCUT2D eigenvalue weighted by Gasteiger charge is 2.78. The second kappa shape index (κ2) is 12.3. The van der Waals surface area contributed by atoms with Crippen LogP contribution in [0.2, 0.25) is 0 Å². The summed E-state index contributed by atoms with van der Waals surface area (Å²) in [5, 5.41) is 12.2. The van der Waals surface area contributed by atoms with E-state index in [1.807, 2.05) is 31.2 Å². The average Bonchev–Trinajstić information content (AvgIpc) is 3.54. The van der Waals surface area contributed by atoms with Crippen LogP contribution in [0.1, 0.15) is 72.6 Å². The predicted octanol–water partition coefficient (Wildman–Crippen LogP) is 3.74. The molecule has 1 spiro atoms. The highest BCUT2D eigenvalue weighted by molar-refractivity contribution is 6.03. The summed E-state index contributed by atoms with van der Waals surface area (Å²) in [5.41, 5.74) is -0.104. The van der Waals surface area contributed by atoms with Crippen LogP contribution in [0.15, 0.2) is 24.3 Å². The van der Waals surface area contributed by atoms with Gasteiger partial charge in [0.15, 0.2) is 0 Å². The number of benzene rings is 1. The first-order chi connectivity index (χ1) is 18.8. The molecule has 3 aliphatic heterocycles. The van der Waals surface area contributed by atoms with Crippen molar-refractivity contribution >= 4 is 29.2 Å². The molecule has 9 heteroatoms. The Morgan fingerprint density at radius 1 is 1.08 bits per heavy atom. The summed E-state index contributed by atoms with van der Waals surface area (Å²) in [6.07, 6.45) is 4.84. The van der Waals surface area contributed by atoms with Gasteiger partial charge in [-0.25, -0.2) is 0 Å². The third-order valence-electron chi connectivity index (χ3n) is 9.04. The van der Waals surface area contributed by atoms with Gasteiger partial charge in [-0.15, -0.1) is 0 Å². The first-order valence-corrected chi connectivity index (χ1v) is 14.8. The molecule has 2 N–H and O–H groups in total. The van der Waals surface area contributed by atoms with Crippen molar-refractivity contribution in [1.82, 2.24) is 4.90 Å². The highest BCUT2D eigenvalue weighted by Crippen LogP contribution is 2.64. The van der Waals surface area contributed by atoms with E-state index in [0.717, 1.165) is 31.6 Å². The van der Waals surface area contributed by atoms with E-state index in [1.165, 1.54) is 0 Å². The average molecular weight is 544 g/mol. The monoisotopic (exact) mass is 543 g/mol. The van der Waals surface area contributed by atoms with E-state index < -0.39 is 35.0 Å². The number of aliphatic hydroxyl groups is 1. The zero-order valence-corrected chi connectivity index (χ0v) is 23.9. The third-order valence-corrected chi connectivity index (χ3v) is 9.04. The van der Waals surface area contributed by atoms with Gasteiger partial charge >= 0.3 is 5.97 Å². The van der Waals surface area contributed by atoms with Crippen LogP contribution in [0.4, 0.5) is 11.4 Å². The first-order valence-electron chi connectivity index (χ1n) is 14.8. The molecule has 39 heavy (non-hydrogen) atoms. The van der Waals surface area contributed by atoms with Gasteiger partial charge in [0.05, 0.1) is 18.1 Å². The van der Waals surface area contributed by atoms with Crippen LogP contribution in [0.25, 0.3) is 0 Å². The number of nitrogens with zero attached hydrogens (tertiary/aromatic N) is 2. The molecule has 0 radical (unpaired) electrons. The molecule has 2 unspecified atom stereocenters. The molecule has 0 saturated carbocycles. The Balaban J connectivity index is 1.63. The molecule has 2 bridgehead atoms. The summed E-state index contributed by atoms with van der Waals surface area (Å²) in [7, 11) is 0. The lowest BCUT2D eigenvalue weighted by atomic mass is 9.65. The molecule has 0 aromatic heterocycles. The second-order valence-corrected chi connectivity index (χ2v) is 11.0. The van der Waals surface area contributed by atoms with E-state index >= 15 is 0 Å². The van der Waals surface area contributed by atoms with E-state index in [-0.39, 0.29) is 25.0 Å². The lowest BCUT2D eigenvalue weighted by molar-refractivity contribution is -0.160. The summed E-state index contributed by atoms with van der Waals surface area (Å²) < 4.78 is 12.2. The van der Waals surface area contributed by atoms with Crippen LogP contribution in [0, 0.1) is 11.8 Å². The maximum atomic E-state index is 14.0. The van der Waals surface area contributed by atoms with E-state index in [9.17, 15) is 14.4 Å². The Hall–Kier alpha value is -2.65. The molecular formula is C30H45N3O6. The number of anilines is 2. The lowest BCUT2D eigenvalue weighted by Gasteiger charge is -2.33. The number of likely N-dealkylation sites (tertiary alicyclic amines) is 1. The molecule has 2 amide bonds. The topological polar surface area (TPSA) is 108 Å². The van der Waals surface area contributed by atoms with Gasteiger partial charge in [-0.3, -0.25) is 14.4 Å². The molecule has 1 aromatic rings. The quantitative estimate of drug-likeness (QED) is 0.272. The molecular weight excluding hydrogens is 498 g/mol. The summed E-state index contributed by atoms with van der Waals surface area (Å²) in [6, 6.07) is 6.92. The molecule has 3 heterocycles. The number of nitrogens with one attached hydrogen (secondary N) is 1. The predicted molar refractivity (Wildman–Crippen MR) is 149 cm³/mol. The van der Waals surface area contributed by atoms with E-state index in [1.54, 1.807) is 11.8 Å². The Bertz CT molecular complexity index is 1030. The van der Waals surface area contributed by atoms with Crippen LogP contribution in [0.5, 0.6) is 0 Å². The fourth-order valence-electron chi connectivity index (χ4n) is 7.15. The minimum atomic E-state index is -1.05. The van der Waals surface area contributed by atoms with Gasteiger partial charge in [0.25, 0.3) is 0 Å². The van der Waals surface area contributed by atoms with Crippen molar-refractivity contribution in [2.45, 2.75) is 89.9 Å². The van der Waals surface area contributed by atoms with Crippen LogP contribution >= 0.6 is 0 Å². The molecule has 0 aliphatic carbocycles. The highest BCUT2D eigenvalue weighted by atomic mass is 16.6. The van der Waals surface area contributed by atoms with Crippen molar-refractivity contribution in [1.29, 1.82) is 0 Å². The Labute approximate surface area is 232 Å². The molecule has 3 aliphatic rings. The fourth-order valence-corrected chi connectivity index (χ4v) is 7.15. The first kappa shape index (κ1) is 29.3.